The molecule has 0 atom stereocenters. The van der Waals surface area contributed by atoms with Crippen molar-refractivity contribution in [2.45, 2.75) is 0 Å². The highest BCUT2D eigenvalue weighted by Gasteiger charge is 2.11. The SMILES string of the molecule is O=C(Nc1ccc(F)cc1Cl)c1ccc(NC(=O)c2cccs2)cc1. The van der Waals surface area contributed by atoms with Gasteiger partial charge in [-0.05, 0) is 53.9 Å². The maximum Gasteiger partial charge on any atom is 0.265 e. The van der Waals surface area contributed by atoms with Crippen LogP contribution in [0.1, 0.15) is 20.0 Å². The van der Waals surface area contributed by atoms with Gasteiger partial charge in [-0.1, -0.05) is 17.7 Å². The van der Waals surface area contributed by atoms with Gasteiger partial charge in [0.2, 0.25) is 0 Å². The number of nitrogens with one attached hydrogen (secondary N) is 2. The number of anilines is 2. The summed E-state index contributed by atoms with van der Waals surface area (Å²) in [5.74, 6) is -1.07. The second kappa shape index (κ2) is 7.46. The molecule has 3 aromatic rings. The summed E-state index contributed by atoms with van der Waals surface area (Å²) in [4.78, 5) is 24.8. The second-order valence-corrected chi connectivity index (χ2v) is 6.44. The van der Waals surface area contributed by atoms with E-state index in [1.807, 2.05) is 5.38 Å². The number of amides is 2. The molecule has 0 saturated heterocycles. The maximum atomic E-state index is 13.0. The van der Waals surface area contributed by atoms with Crippen LogP contribution in [0, 0.1) is 5.82 Å². The van der Waals surface area contributed by atoms with E-state index in [0.29, 0.717) is 21.8 Å². The lowest BCUT2D eigenvalue weighted by Gasteiger charge is -2.08. The maximum absolute atomic E-state index is 13.0. The highest BCUT2D eigenvalue weighted by atomic mass is 35.5. The molecule has 0 saturated carbocycles. The third-order valence-electron chi connectivity index (χ3n) is 3.33. The normalized spacial score (nSPS) is 10.3. The topological polar surface area (TPSA) is 58.2 Å². The van der Waals surface area contributed by atoms with Crippen LogP contribution < -0.4 is 10.6 Å². The summed E-state index contributed by atoms with van der Waals surface area (Å²) in [5, 5.41) is 7.31. The molecule has 0 aliphatic heterocycles. The van der Waals surface area contributed by atoms with Crippen molar-refractivity contribution in [1.29, 1.82) is 0 Å². The summed E-state index contributed by atoms with van der Waals surface area (Å²) in [7, 11) is 0. The van der Waals surface area contributed by atoms with Crippen molar-refractivity contribution >= 4 is 46.1 Å². The smallest absolute Gasteiger partial charge is 0.265 e. The Balaban J connectivity index is 1.67. The highest BCUT2D eigenvalue weighted by molar-refractivity contribution is 7.12. The molecule has 1 aromatic heterocycles. The summed E-state index contributed by atoms with van der Waals surface area (Å²) >= 11 is 7.24. The second-order valence-electron chi connectivity index (χ2n) is 5.09. The molecule has 25 heavy (non-hydrogen) atoms. The molecule has 1 heterocycles. The molecule has 4 nitrogen and oxygen atoms in total. The van der Waals surface area contributed by atoms with Gasteiger partial charge in [-0.15, -0.1) is 11.3 Å². The predicted octanol–water partition coefficient (Wildman–Crippen LogP) is 5.05. The van der Waals surface area contributed by atoms with Crippen molar-refractivity contribution in [3.63, 3.8) is 0 Å². The minimum absolute atomic E-state index is 0.119. The number of carbonyl (C=O) groups is 2. The lowest BCUT2D eigenvalue weighted by molar-refractivity contribution is 0.102. The Kier molecular flexibility index (Phi) is 5.11. The zero-order chi connectivity index (χ0) is 17.8. The van der Waals surface area contributed by atoms with Crippen molar-refractivity contribution in [2.24, 2.45) is 0 Å². The standard InChI is InChI=1S/C18H12ClFN2O2S/c19-14-10-12(20)5-8-15(14)22-17(23)11-3-6-13(7-4-11)21-18(24)16-2-1-9-25-16/h1-10H,(H,21,24)(H,22,23). The molecule has 0 aliphatic rings. The van der Waals surface area contributed by atoms with Gasteiger partial charge in [-0.2, -0.15) is 0 Å². The average Bonchev–Trinajstić information content (AvgIpc) is 3.13. The van der Waals surface area contributed by atoms with Crippen molar-refractivity contribution in [2.75, 3.05) is 10.6 Å². The van der Waals surface area contributed by atoms with Crippen molar-refractivity contribution < 1.29 is 14.0 Å². The summed E-state index contributed by atoms with van der Waals surface area (Å²) < 4.78 is 13.0. The van der Waals surface area contributed by atoms with E-state index in [-0.39, 0.29) is 16.8 Å². The summed E-state index contributed by atoms with van der Waals surface area (Å²) in [5.41, 5.74) is 1.28. The first kappa shape index (κ1) is 17.1. The highest BCUT2D eigenvalue weighted by Crippen LogP contribution is 2.23. The monoisotopic (exact) mass is 374 g/mol. The predicted molar refractivity (Wildman–Crippen MR) is 98.1 cm³/mol. The molecule has 0 fully saturated rings. The fourth-order valence-electron chi connectivity index (χ4n) is 2.09. The van der Waals surface area contributed by atoms with Gasteiger partial charge in [0.05, 0.1) is 15.6 Å². The third kappa shape index (κ3) is 4.23. The van der Waals surface area contributed by atoms with E-state index in [9.17, 15) is 14.0 Å². The molecule has 2 N–H and O–H groups in total. The molecule has 7 heteroatoms. The molecule has 2 amide bonds. The van der Waals surface area contributed by atoms with Gasteiger partial charge < -0.3 is 10.6 Å². The van der Waals surface area contributed by atoms with Crippen LogP contribution in [0.4, 0.5) is 15.8 Å². The quantitative estimate of drug-likeness (QED) is 0.671. The van der Waals surface area contributed by atoms with Crippen LogP contribution in [-0.2, 0) is 0 Å². The van der Waals surface area contributed by atoms with Crippen LogP contribution in [-0.4, -0.2) is 11.8 Å². The van der Waals surface area contributed by atoms with Gasteiger partial charge in [0.1, 0.15) is 5.82 Å². The Morgan fingerprint density at radius 1 is 0.960 bits per heavy atom. The first-order valence-electron chi connectivity index (χ1n) is 7.24. The summed E-state index contributed by atoms with van der Waals surface area (Å²) in [6.45, 7) is 0. The van der Waals surface area contributed by atoms with Crippen LogP contribution in [0.5, 0.6) is 0 Å². The fraction of sp³-hybridized carbons (Fsp3) is 0. The zero-order valence-electron chi connectivity index (χ0n) is 12.8. The molecule has 3 rings (SSSR count). The van der Waals surface area contributed by atoms with E-state index >= 15 is 0 Å². The molecule has 0 bridgehead atoms. The Morgan fingerprint density at radius 3 is 2.36 bits per heavy atom. The molecular formula is C18H12ClFN2O2S. The first-order valence-corrected chi connectivity index (χ1v) is 8.50. The van der Waals surface area contributed by atoms with E-state index in [4.69, 9.17) is 11.6 Å². The Bertz CT molecular complexity index is 911. The summed E-state index contributed by atoms with van der Waals surface area (Å²) in [6.07, 6.45) is 0. The molecular weight excluding hydrogens is 363 g/mol. The number of benzene rings is 2. The lowest BCUT2D eigenvalue weighted by Crippen LogP contribution is -2.13. The Morgan fingerprint density at radius 2 is 1.72 bits per heavy atom. The van der Waals surface area contributed by atoms with E-state index in [0.717, 1.165) is 6.07 Å². The van der Waals surface area contributed by atoms with Crippen LogP contribution in [0.15, 0.2) is 60.0 Å². The lowest BCUT2D eigenvalue weighted by atomic mass is 10.2. The van der Waals surface area contributed by atoms with E-state index < -0.39 is 5.82 Å². The van der Waals surface area contributed by atoms with E-state index in [1.165, 1.54) is 23.5 Å². The number of carbonyl (C=O) groups excluding carboxylic acids is 2. The number of thiophene rings is 1. The minimum atomic E-state index is -0.478. The van der Waals surface area contributed by atoms with Crippen molar-refractivity contribution in [1.82, 2.24) is 0 Å². The van der Waals surface area contributed by atoms with Gasteiger partial charge in [0.15, 0.2) is 0 Å². The van der Waals surface area contributed by atoms with E-state index in [2.05, 4.69) is 10.6 Å². The van der Waals surface area contributed by atoms with Gasteiger partial charge in [0.25, 0.3) is 11.8 Å². The Hall–Kier alpha value is -2.70. The van der Waals surface area contributed by atoms with Crippen LogP contribution >= 0.6 is 22.9 Å². The zero-order valence-corrected chi connectivity index (χ0v) is 14.3. The average molecular weight is 375 g/mol. The van der Waals surface area contributed by atoms with Crippen molar-refractivity contribution in [3.05, 3.63) is 81.3 Å². The van der Waals surface area contributed by atoms with Crippen LogP contribution in [0.3, 0.4) is 0 Å². The van der Waals surface area contributed by atoms with Gasteiger partial charge in [0, 0.05) is 11.3 Å². The van der Waals surface area contributed by atoms with Gasteiger partial charge in [-0.3, -0.25) is 9.59 Å². The number of hydrogen-bond acceptors (Lipinski definition) is 3. The molecule has 0 unspecified atom stereocenters. The van der Waals surface area contributed by atoms with E-state index in [1.54, 1.807) is 36.4 Å². The number of rotatable bonds is 4. The molecule has 0 radical (unpaired) electrons. The molecule has 2 aromatic carbocycles. The van der Waals surface area contributed by atoms with Crippen LogP contribution in [0.25, 0.3) is 0 Å². The molecule has 0 aliphatic carbocycles. The minimum Gasteiger partial charge on any atom is -0.321 e. The largest absolute Gasteiger partial charge is 0.321 e. The van der Waals surface area contributed by atoms with Crippen molar-refractivity contribution in [3.8, 4) is 0 Å². The number of halogens is 2. The summed E-state index contributed by atoms with van der Waals surface area (Å²) in [6, 6.07) is 13.7. The van der Waals surface area contributed by atoms with Gasteiger partial charge >= 0.3 is 0 Å². The number of hydrogen-bond donors (Lipinski definition) is 2. The first-order chi connectivity index (χ1) is 12.0. The third-order valence-corrected chi connectivity index (χ3v) is 4.51. The Labute approximate surface area is 152 Å². The molecule has 126 valence electrons. The molecule has 0 spiro atoms. The fourth-order valence-corrected chi connectivity index (χ4v) is 2.92. The van der Waals surface area contributed by atoms with Gasteiger partial charge in [-0.25, -0.2) is 4.39 Å². The van der Waals surface area contributed by atoms with Crippen LogP contribution in [0.2, 0.25) is 5.02 Å².